The summed E-state index contributed by atoms with van der Waals surface area (Å²) in [6, 6.07) is 17.4. The summed E-state index contributed by atoms with van der Waals surface area (Å²) >= 11 is 0. The van der Waals surface area contributed by atoms with Gasteiger partial charge in [0.05, 0.1) is 20.8 Å². The van der Waals surface area contributed by atoms with Gasteiger partial charge in [0.2, 0.25) is 0 Å². The molecule has 1 amide bonds. The molecular formula is C23H25NO4. The van der Waals surface area contributed by atoms with Gasteiger partial charge in [-0.05, 0) is 59.7 Å². The minimum atomic E-state index is -0.0709. The number of ether oxygens (including phenoxy) is 3. The fourth-order valence-electron chi connectivity index (χ4n) is 3.14. The van der Waals surface area contributed by atoms with E-state index in [4.69, 9.17) is 14.2 Å². The van der Waals surface area contributed by atoms with Crippen LogP contribution in [0.25, 0.3) is 10.8 Å². The molecule has 0 aromatic heterocycles. The monoisotopic (exact) mass is 379 g/mol. The van der Waals surface area contributed by atoms with E-state index in [1.54, 1.807) is 44.4 Å². The van der Waals surface area contributed by atoms with Crippen LogP contribution in [0.1, 0.15) is 22.8 Å². The minimum Gasteiger partial charge on any atom is -0.497 e. The molecule has 0 aliphatic rings. The van der Waals surface area contributed by atoms with Crippen LogP contribution in [0.4, 0.5) is 0 Å². The minimum absolute atomic E-state index is 0.0709. The molecule has 0 unspecified atom stereocenters. The summed E-state index contributed by atoms with van der Waals surface area (Å²) in [4.78, 5) is 14.6. The van der Waals surface area contributed by atoms with Crippen molar-refractivity contribution in [2.24, 2.45) is 0 Å². The maximum Gasteiger partial charge on any atom is 0.254 e. The van der Waals surface area contributed by atoms with Gasteiger partial charge in [-0.1, -0.05) is 18.2 Å². The summed E-state index contributed by atoms with van der Waals surface area (Å²) in [6.45, 7) is 2.91. The molecule has 3 rings (SSSR count). The number of hydrogen-bond acceptors (Lipinski definition) is 4. The number of fused-ring (bicyclic) bond motifs is 1. The Kier molecular flexibility index (Phi) is 6.04. The summed E-state index contributed by atoms with van der Waals surface area (Å²) in [6.07, 6.45) is 0. The van der Waals surface area contributed by atoms with Gasteiger partial charge in [-0.25, -0.2) is 0 Å². The lowest BCUT2D eigenvalue weighted by Gasteiger charge is -2.19. The first-order valence-electron chi connectivity index (χ1n) is 9.18. The van der Waals surface area contributed by atoms with Crippen molar-refractivity contribution in [3.05, 3.63) is 65.7 Å². The number of hydrogen-bond donors (Lipinski definition) is 0. The summed E-state index contributed by atoms with van der Waals surface area (Å²) in [5.74, 6) is 1.95. The zero-order chi connectivity index (χ0) is 20.1. The van der Waals surface area contributed by atoms with Crippen molar-refractivity contribution in [2.45, 2.75) is 13.5 Å². The van der Waals surface area contributed by atoms with E-state index in [2.05, 4.69) is 6.07 Å². The van der Waals surface area contributed by atoms with E-state index in [1.807, 2.05) is 37.3 Å². The van der Waals surface area contributed by atoms with E-state index >= 15 is 0 Å². The highest BCUT2D eigenvalue weighted by Gasteiger charge is 2.15. The van der Waals surface area contributed by atoms with Gasteiger partial charge >= 0.3 is 0 Å². The van der Waals surface area contributed by atoms with Crippen LogP contribution in [0.2, 0.25) is 0 Å². The smallest absolute Gasteiger partial charge is 0.254 e. The maximum atomic E-state index is 12.9. The number of nitrogens with zero attached hydrogens (tertiary/aromatic N) is 1. The van der Waals surface area contributed by atoms with Crippen LogP contribution in [0.5, 0.6) is 17.2 Å². The molecule has 0 heterocycles. The van der Waals surface area contributed by atoms with E-state index < -0.39 is 0 Å². The van der Waals surface area contributed by atoms with Crippen molar-refractivity contribution >= 4 is 16.7 Å². The normalized spacial score (nSPS) is 10.6. The lowest BCUT2D eigenvalue weighted by molar-refractivity contribution is 0.0784. The first kappa shape index (κ1) is 19.5. The van der Waals surface area contributed by atoms with Gasteiger partial charge in [0, 0.05) is 19.2 Å². The van der Waals surface area contributed by atoms with Gasteiger partial charge in [0.25, 0.3) is 5.91 Å². The lowest BCUT2D eigenvalue weighted by Crippen LogP contribution is -2.26. The largest absolute Gasteiger partial charge is 0.497 e. The first-order valence-corrected chi connectivity index (χ1v) is 9.18. The zero-order valence-corrected chi connectivity index (χ0v) is 16.7. The second kappa shape index (κ2) is 8.65. The number of amides is 1. The van der Waals surface area contributed by atoms with Crippen molar-refractivity contribution in [3.8, 4) is 17.2 Å². The molecule has 5 heteroatoms. The van der Waals surface area contributed by atoms with Crippen molar-refractivity contribution in [1.82, 2.24) is 4.90 Å². The quantitative estimate of drug-likeness (QED) is 0.605. The Morgan fingerprint density at radius 2 is 1.64 bits per heavy atom. The van der Waals surface area contributed by atoms with E-state index in [-0.39, 0.29) is 5.91 Å². The van der Waals surface area contributed by atoms with E-state index in [0.717, 1.165) is 22.1 Å². The Balaban J connectivity index is 1.78. The van der Waals surface area contributed by atoms with Crippen molar-refractivity contribution in [2.75, 3.05) is 27.9 Å². The molecular weight excluding hydrogens is 354 g/mol. The molecule has 3 aromatic rings. The van der Waals surface area contributed by atoms with Crippen LogP contribution in [0.15, 0.2) is 54.6 Å². The third-order valence-corrected chi connectivity index (χ3v) is 4.59. The van der Waals surface area contributed by atoms with Gasteiger partial charge in [0.15, 0.2) is 11.5 Å². The van der Waals surface area contributed by atoms with Gasteiger partial charge in [0.1, 0.15) is 5.75 Å². The van der Waals surface area contributed by atoms with E-state index in [1.165, 1.54) is 0 Å². The summed E-state index contributed by atoms with van der Waals surface area (Å²) in [5.41, 5.74) is 1.63. The third-order valence-electron chi connectivity index (χ3n) is 4.59. The first-order chi connectivity index (χ1) is 13.5. The Morgan fingerprint density at radius 3 is 2.36 bits per heavy atom. The average molecular weight is 379 g/mol. The van der Waals surface area contributed by atoms with E-state index in [0.29, 0.717) is 30.2 Å². The predicted molar refractivity (Wildman–Crippen MR) is 110 cm³/mol. The lowest BCUT2D eigenvalue weighted by atomic mass is 10.1. The molecule has 0 atom stereocenters. The number of methoxy groups -OCH3 is 2. The molecule has 0 saturated carbocycles. The van der Waals surface area contributed by atoms with Crippen LogP contribution in [-0.4, -0.2) is 38.7 Å². The number of carbonyl (C=O) groups is 1. The van der Waals surface area contributed by atoms with Gasteiger partial charge in [-0.15, -0.1) is 0 Å². The van der Waals surface area contributed by atoms with Crippen LogP contribution < -0.4 is 14.2 Å². The molecule has 0 radical (unpaired) electrons. The van der Waals surface area contributed by atoms with Crippen LogP contribution in [0.3, 0.4) is 0 Å². The SMILES string of the molecule is CCOc1cc(C(=O)N(C)Cc2ccc3cc(OC)ccc3c2)ccc1OC. The molecule has 0 aliphatic carbocycles. The number of benzene rings is 3. The Bertz CT molecular complexity index is 983. The van der Waals surface area contributed by atoms with Crippen molar-refractivity contribution in [3.63, 3.8) is 0 Å². The fourth-order valence-corrected chi connectivity index (χ4v) is 3.14. The Hall–Kier alpha value is -3.21. The average Bonchev–Trinajstić information content (AvgIpc) is 2.72. The standard InChI is InChI=1S/C23H25NO4/c1-5-28-22-14-19(9-11-21(22)27-4)23(25)24(2)15-16-6-7-18-13-20(26-3)10-8-17(18)12-16/h6-14H,5,15H2,1-4H3. The van der Waals surface area contributed by atoms with Crippen LogP contribution >= 0.6 is 0 Å². The second-order valence-electron chi connectivity index (χ2n) is 6.51. The molecule has 0 fully saturated rings. The molecule has 3 aromatic carbocycles. The summed E-state index contributed by atoms with van der Waals surface area (Å²) in [5, 5.41) is 2.22. The van der Waals surface area contributed by atoms with E-state index in [9.17, 15) is 4.79 Å². The summed E-state index contributed by atoms with van der Waals surface area (Å²) in [7, 11) is 5.04. The maximum absolute atomic E-state index is 12.9. The Morgan fingerprint density at radius 1 is 0.893 bits per heavy atom. The van der Waals surface area contributed by atoms with Gasteiger partial charge < -0.3 is 19.1 Å². The van der Waals surface area contributed by atoms with Gasteiger partial charge in [-0.3, -0.25) is 4.79 Å². The molecule has 5 nitrogen and oxygen atoms in total. The highest BCUT2D eigenvalue weighted by Crippen LogP contribution is 2.29. The predicted octanol–water partition coefficient (Wildman–Crippen LogP) is 4.53. The van der Waals surface area contributed by atoms with Crippen LogP contribution in [0, 0.1) is 0 Å². The molecule has 0 saturated heterocycles. The molecule has 0 aliphatic heterocycles. The Labute approximate surface area is 165 Å². The fraction of sp³-hybridized carbons (Fsp3) is 0.261. The molecule has 0 spiro atoms. The number of rotatable bonds is 7. The third kappa shape index (κ3) is 4.19. The molecule has 146 valence electrons. The summed E-state index contributed by atoms with van der Waals surface area (Å²) < 4.78 is 16.1. The molecule has 0 N–H and O–H groups in total. The number of carbonyl (C=O) groups excluding carboxylic acids is 1. The second-order valence-corrected chi connectivity index (χ2v) is 6.51. The molecule has 0 bridgehead atoms. The van der Waals surface area contributed by atoms with Gasteiger partial charge in [-0.2, -0.15) is 0 Å². The van der Waals surface area contributed by atoms with Crippen molar-refractivity contribution in [1.29, 1.82) is 0 Å². The van der Waals surface area contributed by atoms with Crippen molar-refractivity contribution < 1.29 is 19.0 Å². The highest BCUT2D eigenvalue weighted by atomic mass is 16.5. The molecule has 28 heavy (non-hydrogen) atoms. The van der Waals surface area contributed by atoms with Crippen LogP contribution in [-0.2, 0) is 6.54 Å². The highest BCUT2D eigenvalue weighted by molar-refractivity contribution is 5.95. The topological polar surface area (TPSA) is 48.0 Å². The zero-order valence-electron chi connectivity index (χ0n) is 16.7.